The number of carbonyl (C=O) groups is 2. The Morgan fingerprint density at radius 1 is 1.23 bits per heavy atom. The maximum atomic E-state index is 14.4. The second kappa shape index (κ2) is 8.12. The number of hydrogen-bond acceptors (Lipinski definition) is 4. The molecule has 6 nitrogen and oxygen atoms in total. The first-order valence-corrected chi connectivity index (χ1v) is 10.00. The van der Waals surface area contributed by atoms with Crippen molar-refractivity contribution >= 4 is 29.2 Å². The van der Waals surface area contributed by atoms with Crippen molar-refractivity contribution < 1.29 is 27.5 Å². The highest BCUT2D eigenvalue weighted by Gasteiger charge is 2.47. The van der Waals surface area contributed by atoms with Gasteiger partial charge in [0.25, 0.3) is 11.8 Å². The summed E-state index contributed by atoms with van der Waals surface area (Å²) in [5, 5.41) is 0.0729. The van der Waals surface area contributed by atoms with E-state index >= 15 is 0 Å². The van der Waals surface area contributed by atoms with Gasteiger partial charge in [-0.3, -0.25) is 14.5 Å². The molecule has 1 aromatic heterocycles. The number of nitrogens with zero attached hydrogens (tertiary/aromatic N) is 3. The molecule has 10 heteroatoms. The monoisotopic (exact) mass is 453 g/mol. The van der Waals surface area contributed by atoms with Crippen LogP contribution in [-0.4, -0.2) is 47.5 Å². The molecule has 0 unspecified atom stereocenters. The Hall–Kier alpha value is -2.65. The summed E-state index contributed by atoms with van der Waals surface area (Å²) < 4.78 is 46.5. The zero-order valence-corrected chi connectivity index (χ0v) is 17.3. The zero-order chi connectivity index (χ0) is 22.3. The minimum Gasteiger partial charge on any atom is -0.380 e. The van der Waals surface area contributed by atoms with Gasteiger partial charge in [0.2, 0.25) is 5.91 Å². The number of halogens is 4. The molecule has 0 aliphatic carbocycles. The molecule has 3 heterocycles. The van der Waals surface area contributed by atoms with Gasteiger partial charge >= 0.3 is 0 Å². The van der Waals surface area contributed by atoms with Crippen LogP contribution in [0, 0.1) is 11.7 Å². The number of rotatable bonds is 5. The lowest BCUT2D eigenvalue weighted by Crippen LogP contribution is -2.65. The van der Waals surface area contributed by atoms with Crippen molar-refractivity contribution in [3.05, 3.63) is 58.5 Å². The Morgan fingerprint density at radius 2 is 1.90 bits per heavy atom. The van der Waals surface area contributed by atoms with Crippen molar-refractivity contribution in [2.45, 2.75) is 25.4 Å². The molecule has 164 valence electrons. The van der Waals surface area contributed by atoms with Crippen LogP contribution in [0.1, 0.15) is 18.1 Å². The van der Waals surface area contributed by atoms with Crippen molar-refractivity contribution in [3.63, 3.8) is 0 Å². The average molecular weight is 454 g/mol. The van der Waals surface area contributed by atoms with Crippen molar-refractivity contribution in [1.29, 1.82) is 0 Å². The van der Waals surface area contributed by atoms with E-state index in [1.165, 1.54) is 35.4 Å². The minimum atomic E-state index is -2.97. The average Bonchev–Trinajstić information content (AvgIpc) is 2.66. The summed E-state index contributed by atoms with van der Waals surface area (Å²) in [5.41, 5.74) is 0.459. The number of amides is 2. The Bertz CT molecular complexity index is 1010. The molecule has 2 aromatic rings. The number of benzene rings is 1. The van der Waals surface area contributed by atoms with Gasteiger partial charge in [-0.2, -0.15) is 0 Å². The molecule has 0 radical (unpaired) electrons. The van der Waals surface area contributed by atoms with Crippen LogP contribution in [0.2, 0.25) is 5.02 Å². The van der Waals surface area contributed by atoms with E-state index in [1.807, 2.05) is 0 Å². The van der Waals surface area contributed by atoms with Gasteiger partial charge < -0.3 is 9.64 Å². The predicted molar refractivity (Wildman–Crippen MR) is 106 cm³/mol. The molecule has 2 saturated heterocycles. The summed E-state index contributed by atoms with van der Waals surface area (Å²) in [6.45, 7) is 1.04. The topological polar surface area (TPSA) is 62.7 Å². The Morgan fingerprint density at radius 3 is 2.45 bits per heavy atom. The van der Waals surface area contributed by atoms with Gasteiger partial charge in [-0.05, 0) is 11.6 Å². The largest absolute Gasteiger partial charge is 0.380 e. The lowest BCUT2D eigenvalue weighted by Gasteiger charge is -2.45. The quantitative estimate of drug-likeness (QED) is 0.696. The standard InChI is InChI=1S/C21H19ClF3N3O3/c1-21(24,25)14-4-2-12(3-5-14)8-27-17(29)9-28(19-16(23)6-15(22)7-26-19)20(30)18(27)13-10-31-11-13/h2-7,13,18H,8-11H2,1H3/t18-/m1/s1. The van der Waals surface area contributed by atoms with Crippen LogP contribution < -0.4 is 4.90 Å². The molecule has 1 aromatic carbocycles. The van der Waals surface area contributed by atoms with Crippen molar-refractivity contribution in [2.24, 2.45) is 5.92 Å². The molecular weight excluding hydrogens is 435 g/mol. The molecule has 2 aliphatic heterocycles. The molecule has 1 atom stereocenters. The van der Waals surface area contributed by atoms with Gasteiger partial charge in [0.05, 0.1) is 18.2 Å². The van der Waals surface area contributed by atoms with E-state index in [2.05, 4.69) is 4.98 Å². The van der Waals surface area contributed by atoms with E-state index in [0.29, 0.717) is 5.56 Å². The number of ether oxygens (including phenoxy) is 1. The summed E-state index contributed by atoms with van der Waals surface area (Å²) in [4.78, 5) is 32.6. The molecule has 0 N–H and O–H groups in total. The number of anilines is 1. The summed E-state index contributed by atoms with van der Waals surface area (Å²) in [6, 6.07) is 5.76. The maximum absolute atomic E-state index is 14.4. The second-order valence-corrected chi connectivity index (χ2v) is 8.17. The number of hydrogen-bond donors (Lipinski definition) is 0. The first kappa shape index (κ1) is 21.6. The van der Waals surface area contributed by atoms with Crippen LogP contribution in [-0.2, 0) is 26.8 Å². The molecule has 4 rings (SSSR count). The fraction of sp³-hybridized carbons (Fsp3) is 0.381. The SMILES string of the molecule is CC(F)(F)c1ccc(CN2C(=O)CN(c3ncc(Cl)cc3F)C(=O)[C@H]2C2COC2)cc1. The third kappa shape index (κ3) is 4.24. The first-order chi connectivity index (χ1) is 14.6. The van der Waals surface area contributed by atoms with E-state index < -0.39 is 29.6 Å². The molecule has 0 spiro atoms. The highest BCUT2D eigenvalue weighted by molar-refractivity contribution is 6.30. The van der Waals surface area contributed by atoms with Crippen LogP contribution in [0.25, 0.3) is 0 Å². The molecular formula is C21H19ClF3N3O3. The maximum Gasteiger partial charge on any atom is 0.270 e. The second-order valence-electron chi connectivity index (χ2n) is 7.73. The molecule has 2 fully saturated rings. The minimum absolute atomic E-state index is 0.0612. The van der Waals surface area contributed by atoms with Crippen molar-refractivity contribution in [1.82, 2.24) is 9.88 Å². The highest BCUT2D eigenvalue weighted by Crippen LogP contribution is 2.31. The van der Waals surface area contributed by atoms with E-state index in [0.717, 1.165) is 17.9 Å². The van der Waals surface area contributed by atoms with Crippen LogP contribution in [0.3, 0.4) is 0 Å². The lowest BCUT2D eigenvalue weighted by molar-refractivity contribution is -0.155. The van der Waals surface area contributed by atoms with Gasteiger partial charge in [0.15, 0.2) is 11.6 Å². The molecule has 31 heavy (non-hydrogen) atoms. The van der Waals surface area contributed by atoms with Crippen molar-refractivity contribution in [3.8, 4) is 0 Å². The lowest BCUT2D eigenvalue weighted by atomic mass is 9.92. The smallest absolute Gasteiger partial charge is 0.270 e. The molecule has 2 aliphatic rings. The molecule has 2 amide bonds. The number of carbonyl (C=O) groups excluding carboxylic acids is 2. The van der Waals surface area contributed by atoms with Gasteiger partial charge in [-0.25, -0.2) is 18.2 Å². The predicted octanol–water partition coefficient (Wildman–Crippen LogP) is 3.38. The fourth-order valence-corrected chi connectivity index (χ4v) is 3.86. The van der Waals surface area contributed by atoms with Gasteiger partial charge in [0.1, 0.15) is 12.6 Å². The van der Waals surface area contributed by atoms with E-state index in [-0.39, 0.29) is 48.6 Å². The van der Waals surface area contributed by atoms with Crippen molar-refractivity contribution in [2.75, 3.05) is 24.7 Å². The summed E-state index contributed by atoms with van der Waals surface area (Å²) >= 11 is 5.74. The summed E-state index contributed by atoms with van der Waals surface area (Å²) in [6.07, 6.45) is 1.20. The van der Waals surface area contributed by atoms with E-state index in [4.69, 9.17) is 16.3 Å². The van der Waals surface area contributed by atoms with Gasteiger partial charge in [-0.15, -0.1) is 0 Å². The van der Waals surface area contributed by atoms with Crippen LogP contribution in [0.4, 0.5) is 19.0 Å². The zero-order valence-electron chi connectivity index (χ0n) is 16.5. The number of aromatic nitrogens is 1. The number of pyridine rings is 1. The Balaban J connectivity index is 1.61. The van der Waals surface area contributed by atoms with Crippen LogP contribution in [0.15, 0.2) is 36.5 Å². The van der Waals surface area contributed by atoms with Gasteiger partial charge in [0, 0.05) is 31.1 Å². The van der Waals surface area contributed by atoms with Crippen LogP contribution in [0.5, 0.6) is 0 Å². The fourth-order valence-electron chi connectivity index (χ4n) is 3.72. The Labute approximate surface area is 181 Å². The van der Waals surface area contributed by atoms with E-state index in [1.54, 1.807) is 0 Å². The summed E-state index contributed by atoms with van der Waals surface area (Å²) in [7, 11) is 0. The highest BCUT2D eigenvalue weighted by atomic mass is 35.5. The molecule has 0 saturated carbocycles. The van der Waals surface area contributed by atoms with E-state index in [9.17, 15) is 22.8 Å². The summed E-state index contributed by atoms with van der Waals surface area (Å²) in [5.74, 6) is -5.18. The normalized spacial score (nSPS) is 20.2. The third-order valence-corrected chi connectivity index (χ3v) is 5.64. The molecule has 0 bridgehead atoms. The number of piperazine rings is 1. The number of alkyl halides is 2. The Kier molecular flexibility index (Phi) is 5.65. The van der Waals surface area contributed by atoms with Gasteiger partial charge in [-0.1, -0.05) is 35.9 Å². The third-order valence-electron chi connectivity index (χ3n) is 5.44. The van der Waals surface area contributed by atoms with Crippen LogP contribution >= 0.6 is 11.6 Å². The first-order valence-electron chi connectivity index (χ1n) is 9.62.